The van der Waals surface area contributed by atoms with Crippen molar-refractivity contribution in [3.8, 4) is 10.6 Å². The van der Waals surface area contributed by atoms with Crippen molar-refractivity contribution in [1.29, 1.82) is 0 Å². The number of nitrogens with zero attached hydrogens (tertiary/aromatic N) is 1. The maximum atomic E-state index is 12.4. The summed E-state index contributed by atoms with van der Waals surface area (Å²) in [5.41, 5.74) is 2.59. The Labute approximate surface area is 142 Å². The molecule has 24 heavy (non-hydrogen) atoms. The van der Waals surface area contributed by atoms with Crippen molar-refractivity contribution in [1.82, 2.24) is 10.3 Å². The van der Waals surface area contributed by atoms with Gasteiger partial charge in [-0.25, -0.2) is 0 Å². The zero-order valence-electron chi connectivity index (χ0n) is 12.7. The zero-order chi connectivity index (χ0) is 16.4. The molecule has 0 atom stereocenters. The number of carbonyl (C=O) groups is 1. The van der Waals surface area contributed by atoms with E-state index >= 15 is 0 Å². The highest BCUT2D eigenvalue weighted by Crippen LogP contribution is 2.26. The highest BCUT2D eigenvalue weighted by molar-refractivity contribution is 7.13. The van der Waals surface area contributed by atoms with Crippen LogP contribution in [0.15, 0.2) is 70.6 Å². The number of carbonyl (C=O) groups excluding carboxylic acids is 1. The summed E-state index contributed by atoms with van der Waals surface area (Å²) in [5.74, 6) is 0.0879. The van der Waals surface area contributed by atoms with Gasteiger partial charge < -0.3 is 9.73 Å². The van der Waals surface area contributed by atoms with Crippen molar-refractivity contribution in [2.24, 2.45) is 0 Å². The van der Waals surface area contributed by atoms with E-state index in [1.807, 2.05) is 53.9 Å². The fourth-order valence-corrected chi connectivity index (χ4v) is 3.33. The first-order valence-electron chi connectivity index (χ1n) is 7.56. The molecule has 0 fully saturated rings. The molecule has 0 aliphatic heterocycles. The van der Waals surface area contributed by atoms with Gasteiger partial charge in [0.15, 0.2) is 5.76 Å². The molecule has 4 nitrogen and oxygen atoms in total. The van der Waals surface area contributed by atoms with Crippen molar-refractivity contribution in [2.45, 2.75) is 6.54 Å². The molecule has 1 aromatic carbocycles. The molecule has 1 N–H and O–H groups in total. The Hall–Kier alpha value is -2.92. The molecule has 0 bridgehead atoms. The third-order valence-electron chi connectivity index (χ3n) is 3.73. The second kappa shape index (κ2) is 6.29. The van der Waals surface area contributed by atoms with Crippen LogP contribution in [-0.2, 0) is 6.54 Å². The summed E-state index contributed by atoms with van der Waals surface area (Å²) in [6.07, 6.45) is 1.76. The van der Waals surface area contributed by atoms with Gasteiger partial charge in [-0.15, -0.1) is 11.3 Å². The summed E-state index contributed by atoms with van der Waals surface area (Å²) in [4.78, 5) is 17.9. The van der Waals surface area contributed by atoms with Crippen LogP contribution in [-0.4, -0.2) is 10.9 Å². The van der Waals surface area contributed by atoms with Gasteiger partial charge in [0, 0.05) is 18.1 Å². The molecule has 0 aliphatic carbocycles. The SMILES string of the molecule is O=C(NCc1cccnc1-c1cccs1)c1cc2ccccc2o1. The number of nitrogens with one attached hydrogen (secondary N) is 1. The highest BCUT2D eigenvalue weighted by Gasteiger charge is 2.13. The quantitative estimate of drug-likeness (QED) is 0.598. The molecule has 3 aromatic heterocycles. The molecule has 0 spiro atoms. The monoisotopic (exact) mass is 334 g/mol. The van der Waals surface area contributed by atoms with Crippen molar-refractivity contribution in [3.05, 3.63) is 77.5 Å². The van der Waals surface area contributed by atoms with Gasteiger partial charge in [0.2, 0.25) is 0 Å². The summed E-state index contributed by atoms with van der Waals surface area (Å²) in [7, 11) is 0. The normalized spacial score (nSPS) is 10.8. The Morgan fingerprint density at radius 3 is 2.88 bits per heavy atom. The van der Waals surface area contributed by atoms with Crippen LogP contribution >= 0.6 is 11.3 Å². The molecule has 3 heterocycles. The number of hydrogen-bond donors (Lipinski definition) is 1. The maximum absolute atomic E-state index is 12.4. The number of benzene rings is 1. The average molecular weight is 334 g/mol. The van der Waals surface area contributed by atoms with Crippen LogP contribution in [0.1, 0.15) is 16.1 Å². The van der Waals surface area contributed by atoms with Gasteiger partial charge in [-0.05, 0) is 35.2 Å². The van der Waals surface area contributed by atoms with Gasteiger partial charge in [-0.3, -0.25) is 9.78 Å². The third-order valence-corrected chi connectivity index (χ3v) is 4.61. The van der Waals surface area contributed by atoms with E-state index in [1.165, 1.54) is 0 Å². The lowest BCUT2D eigenvalue weighted by atomic mass is 10.1. The number of fused-ring (bicyclic) bond motifs is 1. The molecule has 0 aliphatic rings. The van der Waals surface area contributed by atoms with Crippen LogP contribution < -0.4 is 5.32 Å². The van der Waals surface area contributed by atoms with Crippen LogP contribution in [0.5, 0.6) is 0 Å². The standard InChI is InChI=1S/C19H14N2O2S/c22-19(16-11-13-5-1-2-7-15(13)23-16)21-12-14-6-3-9-20-18(14)17-8-4-10-24-17/h1-11H,12H2,(H,21,22). The predicted molar refractivity (Wildman–Crippen MR) is 94.9 cm³/mol. The molecule has 0 unspecified atom stereocenters. The predicted octanol–water partition coefficient (Wildman–Crippen LogP) is 4.49. The van der Waals surface area contributed by atoms with Gasteiger partial charge in [0.05, 0.1) is 10.6 Å². The van der Waals surface area contributed by atoms with Gasteiger partial charge in [0.1, 0.15) is 5.58 Å². The number of hydrogen-bond acceptors (Lipinski definition) is 4. The van der Waals surface area contributed by atoms with Gasteiger partial charge in [0.25, 0.3) is 5.91 Å². The Kier molecular flexibility index (Phi) is 3.84. The average Bonchev–Trinajstić information content (AvgIpc) is 3.29. The van der Waals surface area contributed by atoms with Gasteiger partial charge in [-0.1, -0.05) is 30.3 Å². The number of pyridine rings is 1. The Bertz CT molecular complexity index is 956. The van der Waals surface area contributed by atoms with E-state index in [9.17, 15) is 4.79 Å². The lowest BCUT2D eigenvalue weighted by molar-refractivity contribution is 0.0925. The Morgan fingerprint density at radius 2 is 2.04 bits per heavy atom. The van der Waals surface area contributed by atoms with Crippen molar-refractivity contribution >= 4 is 28.2 Å². The number of aromatic nitrogens is 1. The molecular formula is C19H14N2O2S. The Morgan fingerprint density at radius 1 is 1.12 bits per heavy atom. The van der Waals surface area contributed by atoms with E-state index in [4.69, 9.17) is 4.42 Å². The van der Waals surface area contributed by atoms with Crippen molar-refractivity contribution in [2.75, 3.05) is 0 Å². The molecule has 1 amide bonds. The topological polar surface area (TPSA) is 55.1 Å². The second-order valence-corrected chi connectivity index (χ2v) is 6.27. The van der Waals surface area contributed by atoms with E-state index < -0.39 is 0 Å². The third kappa shape index (κ3) is 2.81. The first kappa shape index (κ1) is 14.7. The van der Waals surface area contributed by atoms with Crippen LogP contribution in [0.2, 0.25) is 0 Å². The minimum atomic E-state index is -0.229. The lowest BCUT2D eigenvalue weighted by Crippen LogP contribution is -2.22. The minimum absolute atomic E-state index is 0.229. The van der Waals surface area contributed by atoms with Crippen molar-refractivity contribution < 1.29 is 9.21 Å². The molecule has 0 saturated heterocycles. The zero-order valence-corrected chi connectivity index (χ0v) is 13.5. The van der Waals surface area contributed by atoms with E-state index in [0.29, 0.717) is 17.9 Å². The van der Waals surface area contributed by atoms with Crippen LogP contribution in [0, 0.1) is 0 Å². The summed E-state index contributed by atoms with van der Waals surface area (Å²) >= 11 is 1.63. The summed E-state index contributed by atoms with van der Waals surface area (Å²) in [5, 5.41) is 5.84. The summed E-state index contributed by atoms with van der Waals surface area (Å²) in [6.45, 7) is 0.400. The van der Waals surface area contributed by atoms with Crippen LogP contribution in [0.4, 0.5) is 0 Å². The van der Waals surface area contributed by atoms with Crippen LogP contribution in [0.3, 0.4) is 0 Å². The van der Waals surface area contributed by atoms with Gasteiger partial charge >= 0.3 is 0 Å². The van der Waals surface area contributed by atoms with Crippen molar-refractivity contribution in [3.63, 3.8) is 0 Å². The van der Waals surface area contributed by atoms with E-state index in [0.717, 1.165) is 21.5 Å². The number of para-hydroxylation sites is 1. The van der Waals surface area contributed by atoms with E-state index in [2.05, 4.69) is 10.3 Å². The highest BCUT2D eigenvalue weighted by atomic mass is 32.1. The minimum Gasteiger partial charge on any atom is -0.451 e. The molecule has 4 rings (SSSR count). The fraction of sp³-hybridized carbons (Fsp3) is 0.0526. The Balaban J connectivity index is 1.54. The molecule has 0 saturated carbocycles. The lowest BCUT2D eigenvalue weighted by Gasteiger charge is -2.07. The molecular weight excluding hydrogens is 320 g/mol. The number of thiophene rings is 1. The van der Waals surface area contributed by atoms with E-state index in [-0.39, 0.29) is 5.91 Å². The van der Waals surface area contributed by atoms with Gasteiger partial charge in [-0.2, -0.15) is 0 Å². The number of rotatable bonds is 4. The fourth-order valence-electron chi connectivity index (χ4n) is 2.57. The number of furan rings is 1. The second-order valence-electron chi connectivity index (χ2n) is 5.32. The first-order valence-corrected chi connectivity index (χ1v) is 8.44. The molecule has 5 heteroatoms. The van der Waals surface area contributed by atoms with E-state index in [1.54, 1.807) is 23.6 Å². The van der Waals surface area contributed by atoms with Crippen LogP contribution in [0.25, 0.3) is 21.5 Å². The molecule has 0 radical (unpaired) electrons. The molecule has 4 aromatic rings. The first-order chi connectivity index (χ1) is 11.8. The maximum Gasteiger partial charge on any atom is 0.287 e. The summed E-state index contributed by atoms with van der Waals surface area (Å²) in [6, 6.07) is 17.2. The largest absolute Gasteiger partial charge is 0.451 e. The molecule has 118 valence electrons. The number of amides is 1. The smallest absolute Gasteiger partial charge is 0.287 e. The summed E-state index contributed by atoms with van der Waals surface area (Å²) < 4.78 is 5.60.